The van der Waals surface area contributed by atoms with Crippen LogP contribution in [-0.4, -0.2) is 79.4 Å². The fourth-order valence-corrected chi connectivity index (χ4v) is 4.78. The van der Waals surface area contributed by atoms with E-state index in [2.05, 4.69) is 15.3 Å². The van der Waals surface area contributed by atoms with Gasteiger partial charge >= 0.3 is 26.8 Å². The number of ether oxygens (including phenoxy) is 2. The van der Waals surface area contributed by atoms with Crippen LogP contribution < -0.4 is 0 Å². The van der Waals surface area contributed by atoms with Gasteiger partial charge in [-0.05, 0) is 6.42 Å². The molecule has 1 unspecified atom stereocenters. The lowest BCUT2D eigenvalue weighted by Crippen LogP contribution is -2.62. The molecule has 0 aromatic heterocycles. The first kappa shape index (κ1) is 32.1. The largest absolute Gasteiger partial charge is 0.479 e. The number of unbranched alkanes of at least 4 members (excludes halogenated alkanes) is 11. The maximum Gasteiger partial charge on any atom is 0.397 e. The minimum absolute atomic E-state index is 0.0472. The summed E-state index contributed by atoms with van der Waals surface area (Å²) in [4.78, 5) is 11.4. The van der Waals surface area contributed by atoms with Gasteiger partial charge < -0.3 is 19.7 Å². The van der Waals surface area contributed by atoms with Gasteiger partial charge in [-0.1, -0.05) is 77.6 Å². The summed E-state index contributed by atoms with van der Waals surface area (Å²) in [6, 6.07) is 0. The highest BCUT2D eigenvalue weighted by molar-refractivity contribution is 7.81. The Morgan fingerprint density at radius 3 is 1.63 bits per heavy atom. The molecule has 13 nitrogen and oxygen atoms in total. The van der Waals surface area contributed by atoms with Gasteiger partial charge in [0.05, 0.1) is 0 Å². The first-order valence-electron chi connectivity index (χ1n) is 11.8. The average molecular weight is 551 g/mol. The van der Waals surface area contributed by atoms with Crippen molar-refractivity contribution in [2.45, 2.75) is 115 Å². The summed E-state index contributed by atoms with van der Waals surface area (Å²) >= 11 is 0. The Labute approximate surface area is 207 Å². The summed E-state index contributed by atoms with van der Waals surface area (Å²) in [5, 5.41) is 19.3. The number of rotatable bonds is 19. The zero-order valence-electron chi connectivity index (χ0n) is 19.9. The standard InChI is InChI=1S/C20H38O13S2/c1-2-3-4-5-6-7-8-9-10-11-12-13-14-30-20-18(33-35(27,28)29)16(32-34(24,25)26)15(21)17(31-20)19(22)23/h15-18,20-21H,2-14H2,1H3,(H,22,23)(H,24,25,26)(H,27,28,29)/t15-,16-,17-,18+,20?/m0/s1. The average Bonchev–Trinajstić information content (AvgIpc) is 2.73. The summed E-state index contributed by atoms with van der Waals surface area (Å²) < 4.78 is 81.7. The molecule has 0 aliphatic carbocycles. The molecule has 1 aliphatic rings. The second-order valence-corrected chi connectivity index (χ2v) is 10.6. The molecule has 1 heterocycles. The van der Waals surface area contributed by atoms with E-state index in [0.717, 1.165) is 25.7 Å². The van der Waals surface area contributed by atoms with E-state index in [-0.39, 0.29) is 6.61 Å². The molecule has 1 saturated heterocycles. The fourth-order valence-electron chi connectivity index (χ4n) is 3.80. The van der Waals surface area contributed by atoms with Crippen molar-refractivity contribution in [2.24, 2.45) is 0 Å². The topological polar surface area (TPSA) is 203 Å². The van der Waals surface area contributed by atoms with Gasteiger partial charge in [-0.25, -0.2) is 13.2 Å². The van der Waals surface area contributed by atoms with E-state index >= 15 is 0 Å². The molecule has 15 heteroatoms. The molecular formula is C20H38O13S2. The van der Waals surface area contributed by atoms with Crippen LogP contribution in [0.15, 0.2) is 0 Å². The lowest BCUT2D eigenvalue weighted by atomic mass is 9.99. The van der Waals surface area contributed by atoms with Crippen LogP contribution in [0.5, 0.6) is 0 Å². The number of hydrogen-bond acceptors (Lipinski definition) is 10. The second-order valence-electron chi connectivity index (χ2n) is 8.49. The summed E-state index contributed by atoms with van der Waals surface area (Å²) in [6.07, 6.45) is 2.36. The Bertz CT molecular complexity index is 815. The summed E-state index contributed by atoms with van der Waals surface area (Å²) in [7, 11) is -10.5. The van der Waals surface area contributed by atoms with Crippen LogP contribution in [0.3, 0.4) is 0 Å². The van der Waals surface area contributed by atoms with Crippen molar-refractivity contribution in [2.75, 3.05) is 6.61 Å². The fraction of sp³-hybridized carbons (Fsp3) is 0.950. The predicted octanol–water partition coefficient (Wildman–Crippen LogP) is 2.25. The maximum absolute atomic E-state index is 11.4. The van der Waals surface area contributed by atoms with Crippen LogP contribution >= 0.6 is 0 Å². The zero-order chi connectivity index (χ0) is 26.5. The quantitative estimate of drug-likeness (QED) is 0.135. The second kappa shape index (κ2) is 16.0. The Hall–Kier alpha value is -0.910. The van der Waals surface area contributed by atoms with Crippen LogP contribution in [0.25, 0.3) is 0 Å². The van der Waals surface area contributed by atoms with Crippen LogP contribution in [0.1, 0.15) is 84.0 Å². The van der Waals surface area contributed by atoms with E-state index in [0.29, 0.717) is 6.42 Å². The predicted molar refractivity (Wildman–Crippen MR) is 122 cm³/mol. The third-order valence-electron chi connectivity index (χ3n) is 5.51. The van der Waals surface area contributed by atoms with Crippen molar-refractivity contribution in [1.82, 2.24) is 0 Å². The number of hydrogen-bond donors (Lipinski definition) is 4. The van der Waals surface area contributed by atoms with Crippen molar-refractivity contribution in [1.29, 1.82) is 0 Å². The zero-order valence-corrected chi connectivity index (χ0v) is 21.5. The van der Waals surface area contributed by atoms with Crippen molar-refractivity contribution < 1.29 is 58.8 Å². The molecular weight excluding hydrogens is 512 g/mol. The number of aliphatic hydroxyl groups excluding tert-OH is 1. The van der Waals surface area contributed by atoms with Crippen LogP contribution in [0, 0.1) is 0 Å². The molecule has 35 heavy (non-hydrogen) atoms. The van der Waals surface area contributed by atoms with E-state index in [1.165, 1.54) is 44.9 Å². The highest BCUT2D eigenvalue weighted by Gasteiger charge is 2.53. The van der Waals surface area contributed by atoms with Gasteiger partial charge in [0.25, 0.3) is 0 Å². The van der Waals surface area contributed by atoms with Gasteiger partial charge in [0.15, 0.2) is 18.5 Å². The van der Waals surface area contributed by atoms with Crippen LogP contribution in [-0.2, 0) is 43.4 Å². The van der Waals surface area contributed by atoms with E-state index in [9.17, 15) is 31.8 Å². The molecule has 1 aliphatic heterocycles. The Balaban J connectivity index is 2.55. The normalized spacial score (nSPS) is 25.5. The smallest absolute Gasteiger partial charge is 0.397 e. The van der Waals surface area contributed by atoms with Crippen molar-refractivity contribution in [3.8, 4) is 0 Å². The third-order valence-corrected chi connectivity index (χ3v) is 6.44. The summed E-state index contributed by atoms with van der Waals surface area (Å²) in [5.74, 6) is -1.73. The molecule has 1 rings (SSSR count). The number of aliphatic carboxylic acids is 1. The molecule has 208 valence electrons. The van der Waals surface area contributed by atoms with Crippen molar-refractivity contribution in [3.63, 3.8) is 0 Å². The molecule has 4 N–H and O–H groups in total. The molecule has 0 amide bonds. The van der Waals surface area contributed by atoms with Crippen LogP contribution in [0.2, 0.25) is 0 Å². The SMILES string of the molecule is CCCCCCCCCCCCCCOC1O[C@H](C(=O)O)[C@@H](O)[C@H](OS(=O)(=O)O)[C@H]1OS(=O)(=O)O. The molecule has 0 aromatic rings. The first-order valence-corrected chi connectivity index (χ1v) is 14.6. The molecule has 0 saturated carbocycles. The third kappa shape index (κ3) is 13.8. The van der Waals surface area contributed by atoms with Gasteiger partial charge in [0.1, 0.15) is 12.2 Å². The van der Waals surface area contributed by atoms with E-state index in [1.54, 1.807) is 0 Å². The highest BCUT2D eigenvalue weighted by atomic mass is 32.3. The van der Waals surface area contributed by atoms with E-state index in [1.807, 2.05) is 0 Å². The summed E-state index contributed by atoms with van der Waals surface area (Å²) in [5.41, 5.74) is 0. The molecule has 5 atom stereocenters. The maximum atomic E-state index is 11.4. The molecule has 0 aromatic carbocycles. The van der Waals surface area contributed by atoms with Gasteiger partial charge in [-0.3, -0.25) is 9.11 Å². The monoisotopic (exact) mass is 550 g/mol. The van der Waals surface area contributed by atoms with Gasteiger partial charge in [-0.2, -0.15) is 16.8 Å². The minimum atomic E-state index is -5.29. The van der Waals surface area contributed by atoms with Gasteiger partial charge in [0.2, 0.25) is 0 Å². The number of aliphatic hydroxyl groups is 1. The van der Waals surface area contributed by atoms with Crippen LogP contribution in [0.4, 0.5) is 0 Å². The molecule has 1 fully saturated rings. The first-order chi connectivity index (χ1) is 16.4. The Kier molecular flexibility index (Phi) is 14.7. The highest BCUT2D eigenvalue weighted by Crippen LogP contribution is 2.29. The molecule has 0 bridgehead atoms. The number of carboxylic acid groups (broad SMARTS) is 1. The summed E-state index contributed by atoms with van der Waals surface area (Å²) in [6.45, 7) is 2.14. The van der Waals surface area contributed by atoms with Gasteiger partial charge in [0, 0.05) is 6.61 Å². The number of carbonyl (C=O) groups is 1. The number of carboxylic acids is 1. The Morgan fingerprint density at radius 1 is 0.771 bits per heavy atom. The molecule has 0 spiro atoms. The lowest BCUT2D eigenvalue weighted by molar-refractivity contribution is -0.284. The minimum Gasteiger partial charge on any atom is -0.479 e. The van der Waals surface area contributed by atoms with Crippen molar-refractivity contribution in [3.05, 3.63) is 0 Å². The molecule has 0 radical (unpaired) electrons. The van der Waals surface area contributed by atoms with Crippen molar-refractivity contribution >= 4 is 26.8 Å². The lowest BCUT2D eigenvalue weighted by Gasteiger charge is -2.40. The van der Waals surface area contributed by atoms with E-state index < -0.39 is 57.5 Å². The Morgan fingerprint density at radius 2 is 1.20 bits per heavy atom. The van der Waals surface area contributed by atoms with E-state index in [4.69, 9.17) is 18.6 Å². The van der Waals surface area contributed by atoms with Gasteiger partial charge in [-0.15, -0.1) is 0 Å².